The Morgan fingerprint density at radius 3 is 2.50 bits per heavy atom. The van der Waals surface area contributed by atoms with Gasteiger partial charge < -0.3 is 14.6 Å². The highest BCUT2D eigenvalue weighted by molar-refractivity contribution is 6.30. The maximum atomic E-state index is 13.5. The number of nitrogens with one attached hydrogen (secondary N) is 1. The largest absolute Gasteiger partial charge is 0.441 e. The number of hydrogen-bond donors (Lipinski definition) is 1. The molecule has 182 valence electrons. The average molecular weight is 500 g/mol. The monoisotopic (exact) mass is 499 g/mol. The van der Waals surface area contributed by atoms with Crippen molar-refractivity contribution in [2.75, 3.05) is 6.54 Å². The molecule has 3 aromatic carbocycles. The van der Waals surface area contributed by atoms with Gasteiger partial charge in [0.05, 0.1) is 6.54 Å². The van der Waals surface area contributed by atoms with Crippen molar-refractivity contribution in [2.45, 2.75) is 32.4 Å². The minimum atomic E-state index is -0.718. The summed E-state index contributed by atoms with van der Waals surface area (Å²) < 4.78 is 5.83. The molecule has 2 unspecified atom stereocenters. The molecule has 0 saturated carbocycles. The predicted molar refractivity (Wildman–Crippen MR) is 139 cm³/mol. The molecule has 1 aliphatic heterocycles. The first-order valence-corrected chi connectivity index (χ1v) is 12.2. The van der Waals surface area contributed by atoms with Crippen molar-refractivity contribution >= 4 is 23.4 Å². The molecule has 0 spiro atoms. The summed E-state index contributed by atoms with van der Waals surface area (Å²) in [5.41, 5.74) is 3.85. The molecular formula is C29H26ClN3O3. The summed E-state index contributed by atoms with van der Waals surface area (Å²) in [6.07, 6.45) is 0. The van der Waals surface area contributed by atoms with Gasteiger partial charge in [-0.05, 0) is 54.3 Å². The third kappa shape index (κ3) is 4.64. The lowest BCUT2D eigenvalue weighted by molar-refractivity contribution is -0.125. The third-order valence-electron chi connectivity index (χ3n) is 6.56. The van der Waals surface area contributed by atoms with Crippen LogP contribution < -0.4 is 5.32 Å². The fourth-order valence-electron chi connectivity index (χ4n) is 4.60. The Bertz CT molecular complexity index is 1400. The highest BCUT2D eigenvalue weighted by atomic mass is 35.5. The lowest BCUT2D eigenvalue weighted by atomic mass is 9.99. The Balaban J connectivity index is 1.36. The van der Waals surface area contributed by atoms with Crippen LogP contribution in [-0.4, -0.2) is 28.2 Å². The van der Waals surface area contributed by atoms with Crippen LogP contribution in [0.15, 0.2) is 83.3 Å². The molecule has 0 saturated heterocycles. The molecule has 0 fully saturated rings. The van der Waals surface area contributed by atoms with Crippen LogP contribution in [0.5, 0.6) is 0 Å². The van der Waals surface area contributed by atoms with Crippen LogP contribution >= 0.6 is 11.6 Å². The molecule has 2 atom stereocenters. The number of amides is 2. The highest BCUT2D eigenvalue weighted by Gasteiger charge is 2.41. The molecule has 6 nitrogen and oxygen atoms in total. The second-order valence-corrected chi connectivity index (χ2v) is 9.44. The number of fused-ring (bicyclic) bond motifs is 1. The Hall–Kier alpha value is -3.90. The molecule has 0 aliphatic carbocycles. The van der Waals surface area contributed by atoms with E-state index >= 15 is 0 Å². The molecule has 1 N–H and O–H groups in total. The lowest BCUT2D eigenvalue weighted by Crippen LogP contribution is -2.40. The Morgan fingerprint density at radius 1 is 1.06 bits per heavy atom. The first-order valence-electron chi connectivity index (χ1n) is 11.9. The number of oxazole rings is 1. The van der Waals surface area contributed by atoms with Gasteiger partial charge in [0.1, 0.15) is 17.5 Å². The van der Waals surface area contributed by atoms with Gasteiger partial charge in [-0.2, -0.15) is 0 Å². The van der Waals surface area contributed by atoms with E-state index in [-0.39, 0.29) is 24.3 Å². The van der Waals surface area contributed by atoms with Crippen LogP contribution in [0.2, 0.25) is 5.02 Å². The van der Waals surface area contributed by atoms with Gasteiger partial charge in [-0.15, -0.1) is 0 Å². The van der Waals surface area contributed by atoms with Crippen molar-refractivity contribution in [3.05, 3.63) is 112 Å². The Morgan fingerprint density at radius 2 is 1.75 bits per heavy atom. The second kappa shape index (κ2) is 9.99. The second-order valence-electron chi connectivity index (χ2n) is 9.01. The first kappa shape index (κ1) is 23.8. The molecule has 0 bridgehead atoms. The van der Waals surface area contributed by atoms with Crippen molar-refractivity contribution in [1.82, 2.24) is 15.2 Å². The quantitative estimate of drug-likeness (QED) is 0.342. The van der Waals surface area contributed by atoms with Crippen LogP contribution in [0.25, 0.3) is 11.5 Å². The van der Waals surface area contributed by atoms with E-state index in [1.54, 1.807) is 11.0 Å². The van der Waals surface area contributed by atoms with E-state index in [4.69, 9.17) is 16.0 Å². The third-order valence-corrected chi connectivity index (χ3v) is 6.81. The van der Waals surface area contributed by atoms with Crippen LogP contribution in [0.3, 0.4) is 0 Å². The molecule has 0 radical (unpaired) electrons. The van der Waals surface area contributed by atoms with Gasteiger partial charge >= 0.3 is 0 Å². The van der Waals surface area contributed by atoms with Gasteiger partial charge in [0.2, 0.25) is 11.8 Å². The molecule has 7 heteroatoms. The fraction of sp³-hybridized carbons (Fsp3) is 0.207. The number of hydrogen-bond acceptors (Lipinski definition) is 4. The normalized spacial score (nSPS) is 15.6. The van der Waals surface area contributed by atoms with Gasteiger partial charge in [0.25, 0.3) is 5.91 Å². The van der Waals surface area contributed by atoms with Crippen molar-refractivity contribution in [1.29, 1.82) is 0 Å². The zero-order chi connectivity index (χ0) is 25.2. The Labute approximate surface area is 214 Å². The summed E-state index contributed by atoms with van der Waals surface area (Å²) in [6.45, 7) is 4.47. The summed E-state index contributed by atoms with van der Waals surface area (Å²) in [5.74, 6) is 0.778. The van der Waals surface area contributed by atoms with Gasteiger partial charge in [0.15, 0.2) is 0 Å². The number of aromatic nitrogens is 1. The van der Waals surface area contributed by atoms with E-state index in [0.717, 1.165) is 11.1 Å². The van der Waals surface area contributed by atoms with E-state index in [9.17, 15) is 9.59 Å². The molecule has 36 heavy (non-hydrogen) atoms. The zero-order valence-corrected chi connectivity index (χ0v) is 20.8. The number of carbonyl (C=O) groups is 2. The van der Waals surface area contributed by atoms with Gasteiger partial charge in [-0.1, -0.05) is 67.1 Å². The van der Waals surface area contributed by atoms with Gasteiger partial charge in [-0.25, -0.2) is 4.98 Å². The van der Waals surface area contributed by atoms with Crippen LogP contribution in [0, 0.1) is 6.92 Å². The van der Waals surface area contributed by atoms with Crippen LogP contribution in [-0.2, 0) is 11.3 Å². The number of nitrogens with zero attached hydrogens (tertiary/aromatic N) is 2. The summed E-state index contributed by atoms with van der Waals surface area (Å²) in [6, 6.07) is 23.8. The first-order chi connectivity index (χ1) is 17.4. The van der Waals surface area contributed by atoms with Gasteiger partial charge in [0, 0.05) is 22.7 Å². The number of halogens is 1. The van der Waals surface area contributed by atoms with Crippen molar-refractivity contribution in [3.63, 3.8) is 0 Å². The van der Waals surface area contributed by atoms with Gasteiger partial charge in [-0.3, -0.25) is 9.59 Å². The van der Waals surface area contributed by atoms with Crippen molar-refractivity contribution < 1.29 is 14.0 Å². The maximum Gasteiger partial charge on any atom is 0.255 e. The molecule has 4 aromatic rings. The van der Waals surface area contributed by atoms with E-state index in [0.29, 0.717) is 40.0 Å². The Kier molecular flexibility index (Phi) is 6.61. The highest BCUT2D eigenvalue weighted by Crippen LogP contribution is 2.36. The summed E-state index contributed by atoms with van der Waals surface area (Å²) in [7, 11) is 0. The maximum absolute atomic E-state index is 13.5. The average Bonchev–Trinajstić information content (AvgIpc) is 3.40. The van der Waals surface area contributed by atoms with E-state index in [1.165, 1.54) is 0 Å². The minimum Gasteiger partial charge on any atom is -0.441 e. The molecular weight excluding hydrogens is 474 g/mol. The SMILES string of the molecule is Cc1oc(-c2ccccc2)nc1CNC(=O)C1c2ccccc2C(=O)N1CC(C)c1ccc(Cl)cc1. The van der Waals surface area contributed by atoms with Crippen LogP contribution in [0.1, 0.15) is 51.8 Å². The van der Waals surface area contributed by atoms with E-state index < -0.39 is 6.04 Å². The van der Waals surface area contributed by atoms with Crippen LogP contribution in [0.4, 0.5) is 0 Å². The van der Waals surface area contributed by atoms with Crippen molar-refractivity contribution in [2.24, 2.45) is 0 Å². The number of benzene rings is 3. The predicted octanol–water partition coefficient (Wildman–Crippen LogP) is 5.92. The van der Waals surface area contributed by atoms with E-state index in [2.05, 4.69) is 10.3 Å². The molecule has 1 aliphatic rings. The lowest BCUT2D eigenvalue weighted by Gasteiger charge is -2.27. The molecule has 1 aromatic heterocycles. The summed E-state index contributed by atoms with van der Waals surface area (Å²) in [4.78, 5) is 33.1. The molecule has 5 rings (SSSR count). The topological polar surface area (TPSA) is 75.4 Å². The zero-order valence-electron chi connectivity index (χ0n) is 20.1. The number of rotatable bonds is 7. The summed E-state index contributed by atoms with van der Waals surface area (Å²) >= 11 is 6.04. The summed E-state index contributed by atoms with van der Waals surface area (Å²) in [5, 5.41) is 3.64. The van der Waals surface area contributed by atoms with Crippen molar-refractivity contribution in [3.8, 4) is 11.5 Å². The standard InChI is InChI=1S/C29H26ClN3O3/c1-18(20-12-14-22(30)15-13-20)17-33-26(23-10-6-7-11-24(23)29(33)35)27(34)31-16-25-19(2)36-28(32-25)21-8-4-3-5-9-21/h3-15,18,26H,16-17H2,1-2H3,(H,31,34). The minimum absolute atomic E-state index is 0.0158. The fourth-order valence-corrected chi connectivity index (χ4v) is 4.72. The number of aryl methyl sites for hydroxylation is 1. The number of carbonyl (C=O) groups excluding carboxylic acids is 2. The van der Waals surface area contributed by atoms with E-state index in [1.807, 2.05) is 86.6 Å². The molecule has 2 heterocycles. The smallest absolute Gasteiger partial charge is 0.255 e. The molecule has 2 amide bonds.